The average molecular weight is 358 g/mol. The maximum atomic E-state index is 4.89. The zero-order valence-electron chi connectivity index (χ0n) is 14.7. The third-order valence-corrected chi connectivity index (χ3v) is 13.8. The molecule has 0 bridgehead atoms. The smallest absolute Gasteiger partial charge is 0.236 e. The molecule has 0 spiro atoms. The molecule has 4 rings (SSSR count). The molecule has 3 heterocycles. The Morgan fingerprint density at radius 1 is 1.35 bits per heavy atom. The van der Waals surface area contributed by atoms with Crippen molar-refractivity contribution in [3.63, 3.8) is 0 Å². The number of nitrogens with zero attached hydrogens (tertiary/aromatic N) is 2. The maximum absolute atomic E-state index is 4.89. The van der Waals surface area contributed by atoms with Crippen molar-refractivity contribution in [1.29, 1.82) is 0 Å². The number of benzene rings is 1. The second-order valence-corrected chi connectivity index (χ2v) is 16.5. The molecular weight excluding hydrogens is 332 g/mol. The van der Waals surface area contributed by atoms with Crippen LogP contribution in [0.25, 0.3) is 20.3 Å². The average Bonchev–Trinajstić information content (AvgIpc) is 2.89. The highest BCUT2D eigenvalue weighted by molar-refractivity contribution is 7.26. The molecule has 0 saturated carbocycles. The molecule has 120 valence electrons. The van der Waals surface area contributed by atoms with E-state index in [-0.39, 0.29) is 0 Å². The fraction of sp³-hybridized carbons (Fsp3) is 0.444. The predicted octanol–water partition coefficient (Wildman–Crippen LogP) is 2.83. The van der Waals surface area contributed by atoms with Gasteiger partial charge in [-0.05, 0) is 16.2 Å². The van der Waals surface area contributed by atoms with Crippen LogP contribution in [-0.4, -0.2) is 21.9 Å². The quantitative estimate of drug-likeness (QED) is 0.483. The Morgan fingerprint density at radius 2 is 2.13 bits per heavy atom. The van der Waals surface area contributed by atoms with Crippen molar-refractivity contribution in [2.24, 2.45) is 7.05 Å². The van der Waals surface area contributed by atoms with Crippen molar-refractivity contribution in [2.75, 3.05) is 0 Å². The summed E-state index contributed by atoms with van der Waals surface area (Å²) in [6, 6.07) is 7.82. The van der Waals surface area contributed by atoms with Gasteiger partial charge in [-0.25, -0.2) is 4.57 Å². The minimum atomic E-state index is -1.34. The highest BCUT2D eigenvalue weighted by Crippen LogP contribution is 2.35. The predicted molar refractivity (Wildman–Crippen MR) is 107 cm³/mol. The summed E-state index contributed by atoms with van der Waals surface area (Å²) in [4.78, 5) is 4.89. The van der Waals surface area contributed by atoms with E-state index in [2.05, 4.69) is 50.3 Å². The summed E-state index contributed by atoms with van der Waals surface area (Å²) in [6.45, 7) is 9.92. The van der Waals surface area contributed by atoms with Gasteiger partial charge in [0.05, 0.1) is 23.9 Å². The van der Waals surface area contributed by atoms with Crippen LogP contribution in [0.3, 0.4) is 0 Å². The minimum Gasteiger partial charge on any atom is -0.236 e. The first-order valence-electron chi connectivity index (χ1n) is 8.67. The standard InChI is InChI=1S/C18H25N2SSi2/c1-6-12-17-16(19-11-20(12)2)15-13(21-17)7-8-14-18(15)23(4,5)10-9-22(14)3/h7-8,11,22H,6,9-10H2,1-5H3/q+1. The molecule has 2 aromatic heterocycles. The van der Waals surface area contributed by atoms with E-state index in [1.807, 2.05) is 17.7 Å². The largest absolute Gasteiger partial charge is 0.286 e. The number of aryl methyl sites for hydroxylation is 2. The van der Waals surface area contributed by atoms with E-state index in [4.69, 9.17) is 4.98 Å². The minimum absolute atomic E-state index is 0.760. The molecule has 3 aromatic rings. The van der Waals surface area contributed by atoms with Gasteiger partial charge >= 0.3 is 0 Å². The van der Waals surface area contributed by atoms with Crippen LogP contribution in [0.1, 0.15) is 12.6 Å². The van der Waals surface area contributed by atoms with Gasteiger partial charge in [-0.3, -0.25) is 0 Å². The van der Waals surface area contributed by atoms with Gasteiger partial charge < -0.3 is 0 Å². The fourth-order valence-electron chi connectivity index (χ4n) is 4.29. The van der Waals surface area contributed by atoms with Crippen LogP contribution in [0.2, 0.25) is 31.7 Å². The lowest BCUT2D eigenvalue weighted by Gasteiger charge is -2.34. The maximum Gasteiger partial charge on any atom is 0.286 e. The van der Waals surface area contributed by atoms with Crippen molar-refractivity contribution in [2.45, 2.75) is 45.1 Å². The van der Waals surface area contributed by atoms with E-state index in [0.29, 0.717) is 0 Å². The summed E-state index contributed by atoms with van der Waals surface area (Å²) in [5.41, 5.74) is 2.70. The first kappa shape index (κ1) is 15.5. The highest BCUT2D eigenvalue weighted by Gasteiger charge is 2.36. The number of hydrogen-bond acceptors (Lipinski definition) is 2. The Balaban J connectivity index is 2.19. The Bertz CT molecular complexity index is 930. The van der Waals surface area contributed by atoms with E-state index < -0.39 is 16.9 Å². The Hall–Kier alpha value is -1.05. The van der Waals surface area contributed by atoms with E-state index in [1.54, 1.807) is 10.4 Å². The SMILES string of the molecule is CCc1c2sc3ccc4c(c3c2nc[n+]1C)[Si](C)(C)CC[SiH]4C. The lowest BCUT2D eigenvalue weighted by molar-refractivity contribution is -0.680. The van der Waals surface area contributed by atoms with Crippen molar-refractivity contribution in [3.8, 4) is 0 Å². The van der Waals surface area contributed by atoms with Crippen molar-refractivity contribution >= 4 is 58.9 Å². The van der Waals surface area contributed by atoms with Gasteiger partial charge in [0.2, 0.25) is 5.52 Å². The van der Waals surface area contributed by atoms with Crippen molar-refractivity contribution in [1.82, 2.24) is 4.98 Å². The molecule has 0 aliphatic carbocycles. The zero-order valence-corrected chi connectivity index (χ0v) is 17.7. The van der Waals surface area contributed by atoms with Gasteiger partial charge in [0.1, 0.15) is 10.4 Å². The molecule has 1 aromatic carbocycles. The van der Waals surface area contributed by atoms with E-state index in [0.717, 1.165) is 6.42 Å². The third kappa shape index (κ3) is 2.17. The van der Waals surface area contributed by atoms with Crippen LogP contribution in [0.4, 0.5) is 0 Å². The molecule has 0 fully saturated rings. The van der Waals surface area contributed by atoms with Crippen LogP contribution in [0, 0.1) is 0 Å². The van der Waals surface area contributed by atoms with Gasteiger partial charge in [0, 0.05) is 16.5 Å². The zero-order chi connectivity index (χ0) is 16.4. The molecule has 1 atom stereocenters. The highest BCUT2D eigenvalue weighted by atomic mass is 32.1. The van der Waals surface area contributed by atoms with Crippen LogP contribution >= 0.6 is 11.3 Å². The second-order valence-electron chi connectivity index (χ2n) is 7.66. The number of thiophene rings is 1. The van der Waals surface area contributed by atoms with Gasteiger partial charge in [-0.15, -0.1) is 11.3 Å². The van der Waals surface area contributed by atoms with Gasteiger partial charge in [0.25, 0.3) is 6.33 Å². The topological polar surface area (TPSA) is 16.8 Å². The van der Waals surface area contributed by atoms with E-state index >= 15 is 0 Å². The normalized spacial score (nSPS) is 20.1. The van der Waals surface area contributed by atoms with Gasteiger partial charge in [0.15, 0.2) is 0 Å². The van der Waals surface area contributed by atoms with Crippen molar-refractivity contribution < 1.29 is 4.57 Å². The van der Waals surface area contributed by atoms with Crippen LogP contribution < -0.4 is 14.9 Å². The summed E-state index contributed by atoms with van der Waals surface area (Å²) in [6.07, 6.45) is 3.08. The molecule has 23 heavy (non-hydrogen) atoms. The van der Waals surface area contributed by atoms with Crippen molar-refractivity contribution in [3.05, 3.63) is 24.2 Å². The lowest BCUT2D eigenvalue weighted by Crippen LogP contribution is -2.58. The third-order valence-electron chi connectivity index (χ3n) is 5.66. The Morgan fingerprint density at radius 3 is 2.87 bits per heavy atom. The summed E-state index contributed by atoms with van der Waals surface area (Å²) in [5, 5.41) is 5.02. The van der Waals surface area contributed by atoms with Crippen LogP contribution in [-0.2, 0) is 13.5 Å². The number of aromatic nitrogens is 2. The number of rotatable bonds is 1. The molecule has 1 aliphatic heterocycles. The Labute approximate surface area is 144 Å². The molecule has 1 aliphatic rings. The van der Waals surface area contributed by atoms with Crippen LogP contribution in [0.15, 0.2) is 18.5 Å². The van der Waals surface area contributed by atoms with Gasteiger partial charge in [-0.2, -0.15) is 0 Å². The summed E-state index contributed by atoms with van der Waals surface area (Å²) < 4.78 is 5.06. The first-order valence-corrected chi connectivity index (χ1v) is 15.2. The molecule has 0 radical (unpaired) electrons. The number of fused-ring (bicyclic) bond motifs is 5. The molecule has 0 N–H and O–H groups in total. The molecular formula is C18H25N2SSi2+. The molecule has 1 unspecified atom stereocenters. The monoisotopic (exact) mass is 357 g/mol. The summed E-state index contributed by atoms with van der Waals surface area (Å²) in [7, 11) is 0.0185. The first-order chi connectivity index (χ1) is 10.9. The summed E-state index contributed by atoms with van der Waals surface area (Å²) in [5.74, 6) is 0. The van der Waals surface area contributed by atoms with Gasteiger partial charge in [-0.1, -0.05) is 49.9 Å². The van der Waals surface area contributed by atoms with E-state index in [1.165, 1.54) is 38.1 Å². The second kappa shape index (κ2) is 5.23. The molecule has 5 heteroatoms. The lowest BCUT2D eigenvalue weighted by atomic mass is 10.2. The molecule has 2 nitrogen and oxygen atoms in total. The fourth-order valence-corrected chi connectivity index (χ4v) is 15.6. The molecule has 0 amide bonds. The van der Waals surface area contributed by atoms with Crippen LogP contribution in [0.5, 0.6) is 0 Å². The van der Waals surface area contributed by atoms with E-state index in [9.17, 15) is 0 Å². The number of hydrogen-bond donors (Lipinski definition) is 0. The Kier molecular flexibility index (Phi) is 3.52. The summed E-state index contributed by atoms with van der Waals surface area (Å²) >= 11 is 1.96. The molecule has 0 saturated heterocycles.